The van der Waals surface area contributed by atoms with Gasteiger partial charge in [0.2, 0.25) is 0 Å². The Morgan fingerprint density at radius 1 is 1.20 bits per heavy atom. The SMILES string of the molecule is Cc1ccc(N(C)CCn2cc(N)ccc2=O)c(C)c1. The molecule has 0 atom stereocenters. The zero-order valence-electron chi connectivity index (χ0n) is 12.3. The first-order chi connectivity index (χ1) is 9.47. The third kappa shape index (κ3) is 3.20. The van der Waals surface area contributed by atoms with Crippen molar-refractivity contribution >= 4 is 11.4 Å². The maximum atomic E-state index is 11.7. The molecule has 20 heavy (non-hydrogen) atoms. The average Bonchev–Trinajstić information content (AvgIpc) is 2.39. The third-order valence-electron chi connectivity index (χ3n) is 3.45. The molecule has 0 unspecified atom stereocenters. The zero-order valence-corrected chi connectivity index (χ0v) is 12.3. The van der Waals surface area contributed by atoms with Crippen LogP contribution in [0.15, 0.2) is 41.3 Å². The summed E-state index contributed by atoms with van der Waals surface area (Å²) < 4.78 is 1.65. The van der Waals surface area contributed by atoms with Gasteiger partial charge in [0.1, 0.15) is 0 Å². The van der Waals surface area contributed by atoms with E-state index in [0.717, 1.165) is 6.54 Å². The lowest BCUT2D eigenvalue weighted by Crippen LogP contribution is -2.28. The largest absolute Gasteiger partial charge is 0.398 e. The van der Waals surface area contributed by atoms with Crippen molar-refractivity contribution in [3.05, 3.63) is 58.0 Å². The van der Waals surface area contributed by atoms with Gasteiger partial charge in [-0.25, -0.2) is 0 Å². The summed E-state index contributed by atoms with van der Waals surface area (Å²) in [6, 6.07) is 9.52. The Kier molecular flexibility index (Phi) is 4.13. The highest BCUT2D eigenvalue weighted by Crippen LogP contribution is 2.19. The number of aryl methyl sites for hydroxylation is 2. The molecule has 106 valence electrons. The number of anilines is 2. The molecule has 1 aromatic carbocycles. The molecular formula is C16H21N3O. The number of pyridine rings is 1. The molecule has 4 heteroatoms. The third-order valence-corrected chi connectivity index (χ3v) is 3.45. The predicted octanol–water partition coefficient (Wildman–Crippen LogP) is 2.18. The van der Waals surface area contributed by atoms with Crippen LogP contribution < -0.4 is 16.2 Å². The van der Waals surface area contributed by atoms with Crippen molar-refractivity contribution in [2.24, 2.45) is 0 Å². The van der Waals surface area contributed by atoms with Gasteiger partial charge in [-0.05, 0) is 31.5 Å². The van der Waals surface area contributed by atoms with E-state index in [1.54, 1.807) is 16.8 Å². The van der Waals surface area contributed by atoms with Crippen LogP contribution in [-0.2, 0) is 6.54 Å². The molecular weight excluding hydrogens is 250 g/mol. The molecule has 0 radical (unpaired) electrons. The van der Waals surface area contributed by atoms with E-state index in [1.165, 1.54) is 22.9 Å². The smallest absolute Gasteiger partial charge is 0.250 e. The molecule has 0 amide bonds. The van der Waals surface area contributed by atoms with E-state index in [9.17, 15) is 4.79 Å². The molecule has 2 aromatic rings. The molecule has 0 fully saturated rings. The minimum absolute atomic E-state index is 0.0202. The van der Waals surface area contributed by atoms with Gasteiger partial charge in [0.05, 0.1) is 0 Å². The quantitative estimate of drug-likeness (QED) is 0.927. The number of rotatable bonds is 4. The topological polar surface area (TPSA) is 51.3 Å². The van der Waals surface area contributed by atoms with E-state index >= 15 is 0 Å². The molecule has 0 spiro atoms. The lowest BCUT2D eigenvalue weighted by atomic mass is 10.1. The first-order valence-corrected chi connectivity index (χ1v) is 6.72. The summed E-state index contributed by atoms with van der Waals surface area (Å²) in [5.74, 6) is 0. The Hall–Kier alpha value is -2.23. The molecule has 1 aromatic heterocycles. The van der Waals surface area contributed by atoms with Crippen LogP contribution in [-0.4, -0.2) is 18.2 Å². The van der Waals surface area contributed by atoms with Gasteiger partial charge in [0.25, 0.3) is 5.56 Å². The Balaban J connectivity index is 2.10. The van der Waals surface area contributed by atoms with Crippen LogP contribution >= 0.6 is 0 Å². The first kappa shape index (κ1) is 14.2. The van der Waals surface area contributed by atoms with Crippen LogP contribution in [0.4, 0.5) is 11.4 Å². The van der Waals surface area contributed by atoms with Crippen LogP contribution in [0.1, 0.15) is 11.1 Å². The van der Waals surface area contributed by atoms with Crippen molar-refractivity contribution < 1.29 is 0 Å². The lowest BCUT2D eigenvalue weighted by molar-refractivity contribution is 0.662. The van der Waals surface area contributed by atoms with Crippen molar-refractivity contribution in [2.75, 3.05) is 24.2 Å². The standard InChI is InChI=1S/C16H21N3O/c1-12-4-6-15(13(2)10-12)18(3)8-9-19-11-14(17)5-7-16(19)20/h4-7,10-11H,8-9,17H2,1-3H3. The van der Waals surface area contributed by atoms with Gasteiger partial charge >= 0.3 is 0 Å². The predicted molar refractivity (Wildman–Crippen MR) is 84.3 cm³/mol. The van der Waals surface area contributed by atoms with E-state index in [1.807, 2.05) is 7.05 Å². The van der Waals surface area contributed by atoms with Gasteiger partial charge in [-0.3, -0.25) is 4.79 Å². The maximum Gasteiger partial charge on any atom is 0.250 e. The number of hydrogen-bond acceptors (Lipinski definition) is 3. The van der Waals surface area contributed by atoms with Gasteiger partial charge in [-0.2, -0.15) is 0 Å². The summed E-state index contributed by atoms with van der Waals surface area (Å²) in [4.78, 5) is 13.9. The van der Waals surface area contributed by atoms with E-state index < -0.39 is 0 Å². The van der Waals surface area contributed by atoms with Gasteiger partial charge in [0, 0.05) is 43.8 Å². The number of aromatic nitrogens is 1. The fourth-order valence-electron chi connectivity index (χ4n) is 2.34. The van der Waals surface area contributed by atoms with Gasteiger partial charge in [-0.15, -0.1) is 0 Å². The summed E-state index contributed by atoms with van der Waals surface area (Å²) >= 11 is 0. The zero-order chi connectivity index (χ0) is 14.7. The van der Waals surface area contributed by atoms with Crippen LogP contribution in [0.3, 0.4) is 0 Å². The number of nitrogens with two attached hydrogens (primary N) is 1. The van der Waals surface area contributed by atoms with Gasteiger partial charge in [0.15, 0.2) is 0 Å². The molecule has 0 aliphatic rings. The van der Waals surface area contributed by atoms with E-state index in [0.29, 0.717) is 12.2 Å². The van der Waals surface area contributed by atoms with Crippen molar-refractivity contribution in [2.45, 2.75) is 20.4 Å². The van der Waals surface area contributed by atoms with Crippen molar-refractivity contribution in [1.82, 2.24) is 4.57 Å². The summed E-state index contributed by atoms with van der Waals surface area (Å²) in [6.07, 6.45) is 1.69. The van der Waals surface area contributed by atoms with Crippen molar-refractivity contribution in [1.29, 1.82) is 0 Å². The average molecular weight is 271 g/mol. The second kappa shape index (κ2) is 5.82. The van der Waals surface area contributed by atoms with Gasteiger partial charge < -0.3 is 15.2 Å². The minimum Gasteiger partial charge on any atom is -0.398 e. The molecule has 0 aliphatic carbocycles. The minimum atomic E-state index is -0.0202. The lowest BCUT2D eigenvalue weighted by Gasteiger charge is -2.22. The Labute approximate surface area is 119 Å². The number of nitrogens with zero attached hydrogens (tertiary/aromatic N) is 2. The number of likely N-dealkylation sites (N-methyl/N-ethyl adjacent to an activating group) is 1. The molecule has 1 heterocycles. The van der Waals surface area contributed by atoms with Gasteiger partial charge in [-0.1, -0.05) is 17.7 Å². The Morgan fingerprint density at radius 3 is 2.65 bits per heavy atom. The van der Waals surface area contributed by atoms with Crippen LogP contribution in [0.2, 0.25) is 0 Å². The summed E-state index contributed by atoms with van der Waals surface area (Å²) in [5, 5.41) is 0. The second-order valence-electron chi connectivity index (χ2n) is 5.21. The molecule has 4 nitrogen and oxygen atoms in total. The fourth-order valence-corrected chi connectivity index (χ4v) is 2.34. The number of hydrogen-bond donors (Lipinski definition) is 1. The normalized spacial score (nSPS) is 10.6. The van der Waals surface area contributed by atoms with Crippen LogP contribution in [0.5, 0.6) is 0 Å². The Bertz CT molecular complexity index is 661. The summed E-state index contributed by atoms with van der Waals surface area (Å²) in [7, 11) is 2.04. The summed E-state index contributed by atoms with van der Waals surface area (Å²) in [5.41, 5.74) is 9.99. The maximum absolute atomic E-state index is 11.7. The highest BCUT2D eigenvalue weighted by molar-refractivity contribution is 5.53. The Morgan fingerprint density at radius 2 is 1.95 bits per heavy atom. The van der Waals surface area contributed by atoms with E-state index in [-0.39, 0.29) is 5.56 Å². The monoisotopic (exact) mass is 271 g/mol. The van der Waals surface area contributed by atoms with Crippen molar-refractivity contribution in [3.8, 4) is 0 Å². The molecule has 2 N–H and O–H groups in total. The van der Waals surface area contributed by atoms with Crippen molar-refractivity contribution in [3.63, 3.8) is 0 Å². The highest BCUT2D eigenvalue weighted by atomic mass is 16.1. The molecule has 2 rings (SSSR count). The van der Waals surface area contributed by atoms with E-state index in [4.69, 9.17) is 5.73 Å². The molecule has 0 bridgehead atoms. The second-order valence-corrected chi connectivity index (χ2v) is 5.21. The summed E-state index contributed by atoms with van der Waals surface area (Å²) in [6.45, 7) is 5.57. The molecule has 0 saturated carbocycles. The fraction of sp³-hybridized carbons (Fsp3) is 0.312. The van der Waals surface area contributed by atoms with E-state index in [2.05, 4.69) is 36.9 Å². The molecule has 0 saturated heterocycles. The highest BCUT2D eigenvalue weighted by Gasteiger charge is 2.05. The first-order valence-electron chi connectivity index (χ1n) is 6.72. The van der Waals surface area contributed by atoms with Crippen LogP contribution in [0, 0.1) is 13.8 Å². The molecule has 0 aliphatic heterocycles. The number of nitrogen functional groups attached to an aromatic ring is 1. The van der Waals surface area contributed by atoms with Crippen LogP contribution in [0.25, 0.3) is 0 Å². The number of benzene rings is 1.